The molecule has 1 aliphatic heterocycles. The molecule has 0 unspecified atom stereocenters. The molecule has 7 heteroatoms. The second kappa shape index (κ2) is 6.33. The highest BCUT2D eigenvalue weighted by atomic mass is 19.1. The molecule has 0 spiro atoms. The van der Waals surface area contributed by atoms with Crippen LogP contribution in [0.1, 0.15) is 23.6 Å². The van der Waals surface area contributed by atoms with E-state index in [0.29, 0.717) is 25.1 Å². The van der Waals surface area contributed by atoms with Gasteiger partial charge in [-0.05, 0) is 24.1 Å². The van der Waals surface area contributed by atoms with Crippen molar-refractivity contribution in [2.45, 2.75) is 25.1 Å². The Hall–Kier alpha value is -2.25. The van der Waals surface area contributed by atoms with Crippen LogP contribution in [0.5, 0.6) is 0 Å². The standard InChI is InChI=1S/C17H20FN3O3/c1-19-8-12(16(23)20(2)17(19)24)9-21-10-14(22)7-15(21)11-4-3-5-13(18)6-11/h3-6,8,14-15,22H,7,9-10H2,1-2H3/t14-,15+/m1/s1. The molecule has 3 rings (SSSR count). The molecule has 0 radical (unpaired) electrons. The Morgan fingerprint density at radius 3 is 2.75 bits per heavy atom. The molecule has 1 aromatic carbocycles. The molecule has 128 valence electrons. The number of aliphatic hydroxyl groups excluding tert-OH is 1. The van der Waals surface area contributed by atoms with E-state index in [-0.39, 0.29) is 23.1 Å². The topological polar surface area (TPSA) is 67.5 Å². The zero-order chi connectivity index (χ0) is 17.4. The number of hydrogen-bond donors (Lipinski definition) is 1. The molecule has 6 nitrogen and oxygen atoms in total. The van der Waals surface area contributed by atoms with E-state index in [1.165, 1.54) is 29.9 Å². The predicted molar refractivity (Wildman–Crippen MR) is 87.1 cm³/mol. The molecular formula is C17H20FN3O3. The number of benzene rings is 1. The first-order valence-electron chi connectivity index (χ1n) is 7.80. The maximum absolute atomic E-state index is 13.5. The number of nitrogens with zero attached hydrogens (tertiary/aromatic N) is 3. The summed E-state index contributed by atoms with van der Waals surface area (Å²) < 4.78 is 15.9. The molecule has 2 atom stereocenters. The number of likely N-dealkylation sites (tertiary alicyclic amines) is 1. The van der Waals surface area contributed by atoms with Crippen LogP contribution in [0.4, 0.5) is 4.39 Å². The fraction of sp³-hybridized carbons (Fsp3) is 0.412. The number of hydrogen-bond acceptors (Lipinski definition) is 4. The van der Waals surface area contributed by atoms with Gasteiger partial charge in [0.2, 0.25) is 0 Å². The van der Waals surface area contributed by atoms with E-state index in [1.807, 2.05) is 11.0 Å². The second-order valence-corrected chi connectivity index (χ2v) is 6.30. The zero-order valence-electron chi connectivity index (χ0n) is 13.6. The summed E-state index contributed by atoms with van der Waals surface area (Å²) in [7, 11) is 3.03. The van der Waals surface area contributed by atoms with Gasteiger partial charge in [-0.15, -0.1) is 0 Å². The van der Waals surface area contributed by atoms with Gasteiger partial charge in [0.1, 0.15) is 5.82 Å². The van der Waals surface area contributed by atoms with Gasteiger partial charge < -0.3 is 9.67 Å². The zero-order valence-corrected chi connectivity index (χ0v) is 13.6. The lowest BCUT2D eigenvalue weighted by Gasteiger charge is -2.24. The highest BCUT2D eigenvalue weighted by Gasteiger charge is 2.32. The molecule has 2 heterocycles. The quantitative estimate of drug-likeness (QED) is 0.890. The number of aromatic nitrogens is 2. The molecule has 1 saturated heterocycles. The first-order valence-corrected chi connectivity index (χ1v) is 7.80. The Morgan fingerprint density at radius 2 is 2.04 bits per heavy atom. The predicted octanol–water partition coefficient (Wildman–Crippen LogP) is 0.531. The van der Waals surface area contributed by atoms with E-state index in [9.17, 15) is 19.1 Å². The molecule has 1 N–H and O–H groups in total. The van der Waals surface area contributed by atoms with E-state index in [2.05, 4.69) is 0 Å². The maximum atomic E-state index is 13.5. The van der Waals surface area contributed by atoms with Gasteiger partial charge in [0.25, 0.3) is 5.56 Å². The number of β-amino-alcohol motifs (C(OH)–C–C–N with tert-alkyl or cyclic N) is 1. The third-order valence-electron chi connectivity index (χ3n) is 4.51. The first-order chi connectivity index (χ1) is 11.4. The van der Waals surface area contributed by atoms with Crippen molar-refractivity contribution in [3.63, 3.8) is 0 Å². The molecule has 0 bridgehead atoms. The van der Waals surface area contributed by atoms with E-state index in [0.717, 1.165) is 10.1 Å². The highest BCUT2D eigenvalue weighted by Crippen LogP contribution is 2.33. The van der Waals surface area contributed by atoms with Gasteiger partial charge >= 0.3 is 5.69 Å². The van der Waals surface area contributed by atoms with Crippen LogP contribution in [0.25, 0.3) is 0 Å². The van der Waals surface area contributed by atoms with Gasteiger partial charge in [-0.3, -0.25) is 14.3 Å². The van der Waals surface area contributed by atoms with Crippen LogP contribution in [-0.4, -0.2) is 31.8 Å². The van der Waals surface area contributed by atoms with Crippen molar-refractivity contribution >= 4 is 0 Å². The summed E-state index contributed by atoms with van der Waals surface area (Å²) in [5.41, 5.74) is 0.507. The van der Waals surface area contributed by atoms with Gasteiger partial charge in [-0.25, -0.2) is 9.18 Å². The molecule has 1 fully saturated rings. The monoisotopic (exact) mass is 333 g/mol. The average Bonchev–Trinajstić information content (AvgIpc) is 2.91. The Labute approximate surface area is 138 Å². The van der Waals surface area contributed by atoms with Crippen LogP contribution in [0.2, 0.25) is 0 Å². The SMILES string of the molecule is Cn1cc(CN2C[C@H](O)C[C@H]2c2cccc(F)c2)c(=O)n(C)c1=O. The molecule has 2 aromatic rings. The Bertz CT molecular complexity index is 874. The molecular weight excluding hydrogens is 313 g/mol. The number of aryl methyl sites for hydroxylation is 1. The Morgan fingerprint density at radius 1 is 1.29 bits per heavy atom. The molecule has 0 aliphatic carbocycles. The summed E-state index contributed by atoms with van der Waals surface area (Å²) in [6.45, 7) is 0.687. The summed E-state index contributed by atoms with van der Waals surface area (Å²) in [6, 6.07) is 6.12. The van der Waals surface area contributed by atoms with Crippen LogP contribution >= 0.6 is 0 Å². The van der Waals surface area contributed by atoms with E-state index >= 15 is 0 Å². The van der Waals surface area contributed by atoms with E-state index in [4.69, 9.17) is 0 Å². The van der Waals surface area contributed by atoms with Crippen LogP contribution < -0.4 is 11.2 Å². The molecule has 0 amide bonds. The number of aliphatic hydroxyl groups is 1. The van der Waals surface area contributed by atoms with Crippen molar-refractivity contribution in [3.8, 4) is 0 Å². The smallest absolute Gasteiger partial charge is 0.330 e. The fourth-order valence-electron chi connectivity index (χ4n) is 3.33. The summed E-state index contributed by atoms with van der Waals surface area (Å²) in [5.74, 6) is -0.327. The Kier molecular flexibility index (Phi) is 4.38. The number of rotatable bonds is 3. The highest BCUT2D eigenvalue weighted by molar-refractivity contribution is 5.22. The van der Waals surface area contributed by atoms with Crippen molar-refractivity contribution in [1.82, 2.24) is 14.0 Å². The van der Waals surface area contributed by atoms with Crippen molar-refractivity contribution < 1.29 is 9.50 Å². The summed E-state index contributed by atoms with van der Waals surface area (Å²) >= 11 is 0. The third kappa shape index (κ3) is 3.05. The molecule has 1 aliphatic rings. The van der Waals surface area contributed by atoms with Crippen molar-refractivity contribution in [2.75, 3.05) is 6.54 Å². The van der Waals surface area contributed by atoms with Crippen LogP contribution in [0.15, 0.2) is 40.1 Å². The minimum atomic E-state index is -0.533. The minimum absolute atomic E-state index is 0.169. The van der Waals surface area contributed by atoms with Gasteiger partial charge in [0, 0.05) is 45.0 Å². The van der Waals surface area contributed by atoms with Crippen molar-refractivity contribution in [2.24, 2.45) is 14.1 Å². The van der Waals surface area contributed by atoms with Crippen LogP contribution in [0, 0.1) is 5.82 Å². The number of halogens is 1. The largest absolute Gasteiger partial charge is 0.392 e. The van der Waals surface area contributed by atoms with E-state index in [1.54, 1.807) is 13.1 Å². The average molecular weight is 333 g/mol. The first kappa shape index (κ1) is 16.6. The van der Waals surface area contributed by atoms with Crippen molar-refractivity contribution in [3.05, 3.63) is 68.2 Å². The maximum Gasteiger partial charge on any atom is 0.330 e. The molecule has 24 heavy (non-hydrogen) atoms. The van der Waals surface area contributed by atoms with Crippen LogP contribution in [0.3, 0.4) is 0 Å². The fourth-order valence-corrected chi connectivity index (χ4v) is 3.33. The lowest BCUT2D eigenvalue weighted by atomic mass is 10.0. The molecule has 0 saturated carbocycles. The normalized spacial score (nSPS) is 21.3. The minimum Gasteiger partial charge on any atom is -0.392 e. The van der Waals surface area contributed by atoms with Gasteiger partial charge in [-0.1, -0.05) is 12.1 Å². The molecule has 1 aromatic heterocycles. The van der Waals surface area contributed by atoms with E-state index < -0.39 is 6.10 Å². The van der Waals surface area contributed by atoms with Crippen molar-refractivity contribution in [1.29, 1.82) is 0 Å². The lowest BCUT2D eigenvalue weighted by Crippen LogP contribution is -2.40. The van der Waals surface area contributed by atoms with Gasteiger partial charge in [-0.2, -0.15) is 0 Å². The second-order valence-electron chi connectivity index (χ2n) is 6.30. The third-order valence-corrected chi connectivity index (χ3v) is 4.51. The van der Waals surface area contributed by atoms with Gasteiger partial charge in [0.15, 0.2) is 0 Å². The van der Waals surface area contributed by atoms with Crippen LogP contribution in [-0.2, 0) is 20.6 Å². The van der Waals surface area contributed by atoms with Gasteiger partial charge in [0.05, 0.1) is 6.10 Å². The summed E-state index contributed by atoms with van der Waals surface area (Å²) in [5, 5.41) is 10.0. The summed E-state index contributed by atoms with van der Waals surface area (Å²) in [4.78, 5) is 26.0. The summed E-state index contributed by atoms with van der Waals surface area (Å²) in [6.07, 6.45) is 1.47. The Balaban J connectivity index is 1.94. The lowest BCUT2D eigenvalue weighted by molar-refractivity contribution is 0.172.